The summed E-state index contributed by atoms with van der Waals surface area (Å²) in [5.74, 6) is 1.16. The third kappa shape index (κ3) is 2.94. The normalized spacial score (nSPS) is 14.7. The summed E-state index contributed by atoms with van der Waals surface area (Å²) >= 11 is 3.21. The van der Waals surface area contributed by atoms with Crippen LogP contribution in [-0.4, -0.2) is 23.0 Å². The molecule has 0 amide bonds. The molecule has 0 radical (unpaired) electrons. The van der Waals surface area contributed by atoms with Crippen LogP contribution in [0.4, 0.5) is 11.5 Å². The van der Waals surface area contributed by atoms with E-state index in [1.54, 1.807) is 6.20 Å². The first-order valence-electron chi connectivity index (χ1n) is 5.66. The van der Waals surface area contributed by atoms with Gasteiger partial charge in [0.2, 0.25) is 5.82 Å². The molecule has 0 spiro atoms. The molecule has 2 rings (SSSR count). The quantitative estimate of drug-likeness (QED) is 0.619. The monoisotopic (exact) mass is 299 g/mol. The van der Waals surface area contributed by atoms with Gasteiger partial charge < -0.3 is 4.90 Å². The molecule has 17 heavy (non-hydrogen) atoms. The molecule has 0 aliphatic heterocycles. The first kappa shape index (κ1) is 12.3. The summed E-state index contributed by atoms with van der Waals surface area (Å²) in [5, 5.41) is 11.0. The van der Waals surface area contributed by atoms with Crippen molar-refractivity contribution in [3.8, 4) is 0 Å². The zero-order valence-electron chi connectivity index (χ0n) is 9.60. The summed E-state index contributed by atoms with van der Waals surface area (Å²) in [6.07, 6.45) is 4.06. The Morgan fingerprint density at radius 1 is 1.65 bits per heavy atom. The van der Waals surface area contributed by atoms with Gasteiger partial charge in [-0.05, 0) is 41.6 Å². The number of hydrogen-bond acceptors (Lipinski definition) is 4. The van der Waals surface area contributed by atoms with Crippen LogP contribution < -0.4 is 4.90 Å². The van der Waals surface area contributed by atoms with E-state index < -0.39 is 0 Å². The standard InChI is InChI=1S/C11H14BrN3O2/c1-2-14(7-8-3-4-8)11-10(15(16)17)5-9(12)6-13-11/h5-6,8H,2-4,7H2,1H3. The third-order valence-corrected chi connectivity index (χ3v) is 3.30. The summed E-state index contributed by atoms with van der Waals surface area (Å²) in [6, 6.07) is 1.51. The smallest absolute Gasteiger partial charge is 0.312 e. The second-order valence-electron chi connectivity index (χ2n) is 4.24. The van der Waals surface area contributed by atoms with E-state index in [2.05, 4.69) is 20.9 Å². The number of hydrogen-bond donors (Lipinski definition) is 0. The summed E-state index contributed by atoms with van der Waals surface area (Å²) in [4.78, 5) is 16.8. The van der Waals surface area contributed by atoms with Crippen molar-refractivity contribution in [1.82, 2.24) is 4.98 Å². The maximum absolute atomic E-state index is 11.0. The third-order valence-electron chi connectivity index (χ3n) is 2.87. The van der Waals surface area contributed by atoms with E-state index in [0.717, 1.165) is 13.1 Å². The fourth-order valence-electron chi connectivity index (χ4n) is 1.78. The highest BCUT2D eigenvalue weighted by atomic mass is 79.9. The maximum atomic E-state index is 11.0. The van der Waals surface area contributed by atoms with E-state index in [-0.39, 0.29) is 10.6 Å². The molecule has 0 N–H and O–H groups in total. The van der Waals surface area contributed by atoms with Gasteiger partial charge in [-0.3, -0.25) is 10.1 Å². The first-order chi connectivity index (χ1) is 8.11. The van der Waals surface area contributed by atoms with E-state index in [1.165, 1.54) is 18.9 Å². The molecule has 1 saturated carbocycles. The van der Waals surface area contributed by atoms with Gasteiger partial charge >= 0.3 is 5.69 Å². The molecular weight excluding hydrogens is 286 g/mol. The topological polar surface area (TPSA) is 59.3 Å². The van der Waals surface area contributed by atoms with Crippen molar-refractivity contribution < 1.29 is 4.92 Å². The van der Waals surface area contributed by atoms with Gasteiger partial charge in [0, 0.05) is 29.8 Å². The fraction of sp³-hybridized carbons (Fsp3) is 0.545. The highest BCUT2D eigenvalue weighted by Gasteiger charge is 2.28. The average molecular weight is 300 g/mol. The predicted molar refractivity (Wildman–Crippen MR) is 69.2 cm³/mol. The summed E-state index contributed by atoms with van der Waals surface area (Å²) in [6.45, 7) is 3.60. The molecule has 1 aliphatic carbocycles. The molecule has 1 heterocycles. The van der Waals surface area contributed by atoms with Crippen LogP contribution in [0.1, 0.15) is 19.8 Å². The number of aromatic nitrogens is 1. The minimum Gasteiger partial charge on any atom is -0.351 e. The average Bonchev–Trinajstić information content (AvgIpc) is 3.10. The lowest BCUT2D eigenvalue weighted by atomic mass is 10.3. The van der Waals surface area contributed by atoms with Crippen molar-refractivity contribution in [1.29, 1.82) is 0 Å². The Bertz CT molecular complexity index is 435. The Labute approximate surface area is 108 Å². The number of halogens is 1. The van der Waals surface area contributed by atoms with Gasteiger partial charge in [0.1, 0.15) is 0 Å². The second kappa shape index (κ2) is 5.00. The first-order valence-corrected chi connectivity index (χ1v) is 6.46. The van der Waals surface area contributed by atoms with Crippen LogP contribution in [0.25, 0.3) is 0 Å². The molecule has 6 heteroatoms. The highest BCUT2D eigenvalue weighted by molar-refractivity contribution is 9.10. The van der Waals surface area contributed by atoms with Gasteiger partial charge in [-0.25, -0.2) is 4.98 Å². The van der Waals surface area contributed by atoms with Crippen molar-refractivity contribution in [2.45, 2.75) is 19.8 Å². The van der Waals surface area contributed by atoms with Gasteiger partial charge in [0.15, 0.2) is 0 Å². The number of rotatable bonds is 5. The fourth-order valence-corrected chi connectivity index (χ4v) is 2.10. The van der Waals surface area contributed by atoms with Crippen molar-refractivity contribution in [3.63, 3.8) is 0 Å². The van der Waals surface area contributed by atoms with Gasteiger partial charge in [-0.15, -0.1) is 0 Å². The number of pyridine rings is 1. The molecule has 1 aliphatic rings. The minimum atomic E-state index is -0.372. The zero-order chi connectivity index (χ0) is 12.4. The van der Waals surface area contributed by atoms with Crippen LogP contribution in [-0.2, 0) is 0 Å². The van der Waals surface area contributed by atoms with Gasteiger partial charge in [-0.2, -0.15) is 0 Å². The Kier molecular flexibility index (Phi) is 3.61. The molecule has 92 valence electrons. The number of nitrogens with zero attached hydrogens (tertiary/aromatic N) is 3. The zero-order valence-corrected chi connectivity index (χ0v) is 11.2. The Morgan fingerprint density at radius 3 is 2.88 bits per heavy atom. The molecule has 1 aromatic heterocycles. The maximum Gasteiger partial charge on any atom is 0.312 e. The number of anilines is 1. The highest BCUT2D eigenvalue weighted by Crippen LogP contribution is 2.34. The Morgan fingerprint density at radius 2 is 2.35 bits per heavy atom. The summed E-state index contributed by atoms with van der Waals surface area (Å²) in [5.41, 5.74) is 0.0712. The van der Waals surface area contributed by atoms with E-state index >= 15 is 0 Å². The van der Waals surface area contributed by atoms with Gasteiger partial charge in [-0.1, -0.05) is 0 Å². The SMILES string of the molecule is CCN(CC1CC1)c1ncc(Br)cc1[N+](=O)[O-]. The lowest BCUT2D eigenvalue weighted by Crippen LogP contribution is -2.26. The molecular formula is C11H14BrN3O2. The van der Waals surface area contributed by atoms with Gasteiger partial charge in [0.05, 0.1) is 4.92 Å². The van der Waals surface area contributed by atoms with Crippen LogP contribution in [0.3, 0.4) is 0 Å². The molecule has 0 atom stereocenters. The van der Waals surface area contributed by atoms with Crippen molar-refractivity contribution in [2.75, 3.05) is 18.0 Å². The largest absolute Gasteiger partial charge is 0.351 e. The van der Waals surface area contributed by atoms with Crippen LogP contribution in [0.5, 0.6) is 0 Å². The van der Waals surface area contributed by atoms with E-state index in [9.17, 15) is 10.1 Å². The van der Waals surface area contributed by atoms with Crippen LogP contribution in [0.2, 0.25) is 0 Å². The molecule has 1 aromatic rings. The molecule has 1 fully saturated rings. The van der Waals surface area contributed by atoms with Gasteiger partial charge in [0.25, 0.3) is 0 Å². The van der Waals surface area contributed by atoms with Crippen molar-refractivity contribution >= 4 is 27.4 Å². The number of nitro groups is 1. The van der Waals surface area contributed by atoms with Crippen molar-refractivity contribution in [2.24, 2.45) is 5.92 Å². The van der Waals surface area contributed by atoms with Crippen LogP contribution >= 0.6 is 15.9 Å². The van der Waals surface area contributed by atoms with E-state index in [1.807, 2.05) is 11.8 Å². The lowest BCUT2D eigenvalue weighted by molar-refractivity contribution is -0.384. The summed E-state index contributed by atoms with van der Waals surface area (Å²) < 4.78 is 0.635. The Hall–Kier alpha value is -1.17. The molecule has 0 unspecified atom stereocenters. The lowest BCUT2D eigenvalue weighted by Gasteiger charge is -2.21. The predicted octanol–water partition coefficient (Wildman–Crippen LogP) is 2.99. The van der Waals surface area contributed by atoms with Crippen LogP contribution in [0, 0.1) is 16.0 Å². The molecule has 0 bridgehead atoms. The molecule has 5 nitrogen and oxygen atoms in total. The summed E-state index contributed by atoms with van der Waals surface area (Å²) in [7, 11) is 0. The molecule has 0 aromatic carbocycles. The molecule has 0 saturated heterocycles. The van der Waals surface area contributed by atoms with E-state index in [0.29, 0.717) is 16.2 Å². The van der Waals surface area contributed by atoms with Crippen LogP contribution in [0.15, 0.2) is 16.7 Å². The van der Waals surface area contributed by atoms with E-state index in [4.69, 9.17) is 0 Å². The second-order valence-corrected chi connectivity index (χ2v) is 5.15. The Balaban J connectivity index is 2.30. The van der Waals surface area contributed by atoms with Crippen molar-refractivity contribution in [3.05, 3.63) is 26.9 Å². The minimum absolute atomic E-state index is 0.0712.